The molecule has 0 atom stereocenters. The van der Waals surface area contributed by atoms with Crippen LogP contribution in [0, 0.1) is 0 Å². The molecule has 4 N–H and O–H groups in total. The lowest BCUT2D eigenvalue weighted by Crippen LogP contribution is -1.96. The van der Waals surface area contributed by atoms with Gasteiger partial charge in [0.25, 0.3) is 0 Å². The summed E-state index contributed by atoms with van der Waals surface area (Å²) in [7, 11) is 0. The van der Waals surface area contributed by atoms with Crippen LogP contribution in [0.5, 0.6) is 5.75 Å². The average molecular weight is 214 g/mol. The number of phenolic OH excluding ortho intramolecular Hbond substituents is 1. The number of nitrogens with two attached hydrogens (primary N) is 1. The Morgan fingerprint density at radius 3 is 2.38 bits per heavy atom. The number of aromatic hydroxyl groups is 1. The van der Waals surface area contributed by atoms with Crippen molar-refractivity contribution < 1.29 is 5.11 Å². The molecule has 0 aliphatic carbocycles. The first-order valence-electron chi connectivity index (χ1n) is 5.13. The van der Waals surface area contributed by atoms with E-state index >= 15 is 0 Å². The normalized spacial score (nSPS) is 10.1. The SMILES string of the molecule is NCc1ccc(Nc2cccc(O)c2)cc1. The fourth-order valence-corrected chi connectivity index (χ4v) is 1.47. The summed E-state index contributed by atoms with van der Waals surface area (Å²) in [5.41, 5.74) is 8.45. The van der Waals surface area contributed by atoms with Crippen LogP contribution in [0.25, 0.3) is 0 Å². The van der Waals surface area contributed by atoms with Crippen LogP contribution in [-0.2, 0) is 6.54 Å². The molecule has 0 spiro atoms. The van der Waals surface area contributed by atoms with Gasteiger partial charge in [-0.3, -0.25) is 0 Å². The Bertz CT molecular complexity index is 466. The third-order valence-corrected chi connectivity index (χ3v) is 2.32. The van der Waals surface area contributed by atoms with Crippen LogP contribution in [0.3, 0.4) is 0 Å². The second kappa shape index (κ2) is 4.68. The van der Waals surface area contributed by atoms with Gasteiger partial charge in [-0.1, -0.05) is 18.2 Å². The Labute approximate surface area is 94.5 Å². The molecule has 3 nitrogen and oxygen atoms in total. The minimum atomic E-state index is 0.253. The number of rotatable bonds is 3. The van der Waals surface area contributed by atoms with Gasteiger partial charge < -0.3 is 16.2 Å². The molecule has 0 radical (unpaired) electrons. The van der Waals surface area contributed by atoms with E-state index in [1.165, 1.54) is 0 Å². The minimum absolute atomic E-state index is 0.253. The second-order valence-electron chi connectivity index (χ2n) is 3.58. The molecule has 0 saturated carbocycles. The standard InChI is InChI=1S/C13H14N2O/c14-9-10-4-6-11(7-5-10)15-12-2-1-3-13(16)8-12/h1-8,15-16H,9,14H2. The van der Waals surface area contributed by atoms with Gasteiger partial charge in [-0.25, -0.2) is 0 Å². The van der Waals surface area contributed by atoms with E-state index < -0.39 is 0 Å². The Balaban J connectivity index is 2.14. The van der Waals surface area contributed by atoms with E-state index in [1.807, 2.05) is 30.3 Å². The number of hydrogen-bond acceptors (Lipinski definition) is 3. The molecule has 0 aromatic heterocycles. The number of benzene rings is 2. The Morgan fingerprint density at radius 1 is 1.00 bits per heavy atom. The van der Waals surface area contributed by atoms with Crippen LogP contribution < -0.4 is 11.1 Å². The Morgan fingerprint density at radius 2 is 1.75 bits per heavy atom. The molecule has 82 valence electrons. The van der Waals surface area contributed by atoms with Gasteiger partial charge in [-0.05, 0) is 29.8 Å². The van der Waals surface area contributed by atoms with Crippen molar-refractivity contribution in [3.05, 3.63) is 54.1 Å². The Hall–Kier alpha value is -2.00. The zero-order valence-electron chi connectivity index (χ0n) is 8.85. The molecule has 0 aliphatic rings. The molecular formula is C13H14N2O. The molecule has 2 rings (SSSR count). The predicted molar refractivity (Wildman–Crippen MR) is 65.7 cm³/mol. The number of nitrogens with one attached hydrogen (secondary N) is 1. The van der Waals surface area contributed by atoms with Gasteiger partial charge in [-0.15, -0.1) is 0 Å². The molecule has 0 bridgehead atoms. The first kappa shape index (κ1) is 10.5. The van der Waals surface area contributed by atoms with Crippen molar-refractivity contribution in [2.24, 2.45) is 5.73 Å². The highest BCUT2D eigenvalue weighted by atomic mass is 16.3. The maximum atomic E-state index is 9.32. The molecule has 0 fully saturated rings. The lowest BCUT2D eigenvalue weighted by molar-refractivity contribution is 0.475. The molecule has 3 heteroatoms. The maximum absolute atomic E-state index is 9.32. The number of anilines is 2. The smallest absolute Gasteiger partial charge is 0.117 e. The first-order valence-corrected chi connectivity index (χ1v) is 5.13. The fraction of sp³-hybridized carbons (Fsp3) is 0.0769. The summed E-state index contributed by atoms with van der Waals surface area (Å²) in [4.78, 5) is 0. The highest BCUT2D eigenvalue weighted by Crippen LogP contribution is 2.20. The molecule has 2 aromatic carbocycles. The van der Waals surface area contributed by atoms with Crippen LogP contribution in [0.15, 0.2) is 48.5 Å². The van der Waals surface area contributed by atoms with Crippen molar-refractivity contribution in [2.75, 3.05) is 5.32 Å². The molecule has 16 heavy (non-hydrogen) atoms. The van der Waals surface area contributed by atoms with Crippen molar-refractivity contribution in [1.29, 1.82) is 0 Å². The molecular weight excluding hydrogens is 200 g/mol. The maximum Gasteiger partial charge on any atom is 0.117 e. The predicted octanol–water partition coefficient (Wildman–Crippen LogP) is 2.59. The quantitative estimate of drug-likeness (QED) is 0.736. The van der Waals surface area contributed by atoms with Crippen LogP contribution in [0.2, 0.25) is 0 Å². The van der Waals surface area contributed by atoms with E-state index in [2.05, 4.69) is 5.32 Å². The summed E-state index contributed by atoms with van der Waals surface area (Å²) in [5, 5.41) is 12.5. The molecule has 0 aliphatic heterocycles. The monoisotopic (exact) mass is 214 g/mol. The lowest BCUT2D eigenvalue weighted by atomic mass is 10.2. The van der Waals surface area contributed by atoms with Gasteiger partial charge >= 0.3 is 0 Å². The van der Waals surface area contributed by atoms with Crippen molar-refractivity contribution in [1.82, 2.24) is 0 Å². The highest BCUT2D eigenvalue weighted by Gasteiger charge is 1.96. The van der Waals surface area contributed by atoms with E-state index in [0.717, 1.165) is 16.9 Å². The van der Waals surface area contributed by atoms with Crippen LogP contribution in [-0.4, -0.2) is 5.11 Å². The number of hydrogen-bond donors (Lipinski definition) is 3. The minimum Gasteiger partial charge on any atom is -0.508 e. The van der Waals surface area contributed by atoms with Gasteiger partial charge in [0, 0.05) is 24.0 Å². The zero-order valence-corrected chi connectivity index (χ0v) is 8.85. The highest BCUT2D eigenvalue weighted by molar-refractivity contribution is 5.61. The summed E-state index contributed by atoms with van der Waals surface area (Å²) in [6.07, 6.45) is 0. The van der Waals surface area contributed by atoms with Crippen molar-refractivity contribution >= 4 is 11.4 Å². The van der Waals surface area contributed by atoms with E-state index in [4.69, 9.17) is 5.73 Å². The topological polar surface area (TPSA) is 58.3 Å². The summed E-state index contributed by atoms with van der Waals surface area (Å²) in [5.74, 6) is 0.253. The van der Waals surface area contributed by atoms with Gasteiger partial charge in [0.1, 0.15) is 5.75 Å². The molecule has 0 amide bonds. The molecule has 0 heterocycles. The van der Waals surface area contributed by atoms with Crippen LogP contribution in [0.4, 0.5) is 11.4 Å². The van der Waals surface area contributed by atoms with Crippen LogP contribution in [0.1, 0.15) is 5.56 Å². The van der Waals surface area contributed by atoms with Gasteiger partial charge in [0.15, 0.2) is 0 Å². The number of phenols is 1. The van der Waals surface area contributed by atoms with Gasteiger partial charge in [0.2, 0.25) is 0 Å². The van der Waals surface area contributed by atoms with Crippen LogP contribution >= 0.6 is 0 Å². The van der Waals surface area contributed by atoms with E-state index in [-0.39, 0.29) is 5.75 Å². The largest absolute Gasteiger partial charge is 0.508 e. The van der Waals surface area contributed by atoms with Crippen molar-refractivity contribution in [2.45, 2.75) is 6.54 Å². The average Bonchev–Trinajstić information content (AvgIpc) is 2.30. The summed E-state index contributed by atoms with van der Waals surface area (Å²) < 4.78 is 0. The van der Waals surface area contributed by atoms with Gasteiger partial charge in [0.05, 0.1) is 0 Å². The van der Waals surface area contributed by atoms with E-state index in [9.17, 15) is 5.11 Å². The van der Waals surface area contributed by atoms with E-state index in [1.54, 1.807) is 18.2 Å². The molecule has 0 unspecified atom stereocenters. The summed E-state index contributed by atoms with van der Waals surface area (Å²) in [6, 6.07) is 14.9. The zero-order chi connectivity index (χ0) is 11.4. The third-order valence-electron chi connectivity index (χ3n) is 2.32. The van der Waals surface area contributed by atoms with Gasteiger partial charge in [-0.2, -0.15) is 0 Å². The van der Waals surface area contributed by atoms with Crippen molar-refractivity contribution in [3.63, 3.8) is 0 Å². The molecule has 0 saturated heterocycles. The third kappa shape index (κ3) is 2.52. The molecule has 2 aromatic rings. The Kier molecular flexibility index (Phi) is 3.08. The fourth-order valence-electron chi connectivity index (χ4n) is 1.47. The van der Waals surface area contributed by atoms with E-state index in [0.29, 0.717) is 6.54 Å². The first-order chi connectivity index (χ1) is 7.78. The second-order valence-corrected chi connectivity index (χ2v) is 3.58. The summed E-state index contributed by atoms with van der Waals surface area (Å²) >= 11 is 0. The van der Waals surface area contributed by atoms with Crippen molar-refractivity contribution in [3.8, 4) is 5.75 Å². The lowest BCUT2D eigenvalue weighted by Gasteiger charge is -2.07. The summed E-state index contributed by atoms with van der Waals surface area (Å²) in [6.45, 7) is 0.548.